The number of pyridine rings is 1. The molecule has 51 heavy (non-hydrogen) atoms. The SMILES string of the molecule is c1ccc(-c2nc(-c3ccc4c(c3)oc3ccccc34)nc(-c3cc(-c4ccc5c(c4)sc4ccccc45)cc4oc5cnccc5c34)n2)cc1. The molecule has 11 rings (SSSR count). The third-order valence-corrected chi connectivity index (χ3v) is 10.8. The lowest BCUT2D eigenvalue weighted by molar-refractivity contribution is 0.667. The van der Waals surface area contributed by atoms with Crippen LogP contribution in [0.1, 0.15) is 0 Å². The van der Waals surface area contributed by atoms with Crippen molar-refractivity contribution in [3.63, 3.8) is 0 Å². The highest BCUT2D eigenvalue weighted by atomic mass is 32.1. The van der Waals surface area contributed by atoms with Gasteiger partial charge in [0.25, 0.3) is 0 Å². The Balaban J connectivity index is 1.16. The molecule has 0 unspecified atom stereocenters. The lowest BCUT2D eigenvalue weighted by Gasteiger charge is -2.11. The lowest BCUT2D eigenvalue weighted by Crippen LogP contribution is -2.00. The summed E-state index contributed by atoms with van der Waals surface area (Å²) in [5.41, 5.74) is 7.77. The molecular weight excluding hydrogens is 649 g/mol. The average Bonchev–Trinajstić information content (AvgIpc) is 3.88. The summed E-state index contributed by atoms with van der Waals surface area (Å²) in [6, 6.07) is 45.8. The highest BCUT2D eigenvalue weighted by Gasteiger charge is 2.21. The van der Waals surface area contributed by atoms with Crippen LogP contribution in [0.2, 0.25) is 0 Å². The molecule has 0 aliphatic rings. The molecule has 11 aromatic rings. The van der Waals surface area contributed by atoms with E-state index >= 15 is 0 Å². The van der Waals surface area contributed by atoms with Gasteiger partial charge in [-0.25, -0.2) is 15.0 Å². The average molecular weight is 673 g/mol. The lowest BCUT2D eigenvalue weighted by atomic mass is 9.97. The number of rotatable bonds is 4. The van der Waals surface area contributed by atoms with Gasteiger partial charge in [-0.05, 0) is 59.7 Å². The Bertz CT molecular complexity index is 3160. The zero-order valence-corrected chi connectivity index (χ0v) is 27.7. The molecule has 5 aromatic heterocycles. The molecule has 0 N–H and O–H groups in total. The van der Waals surface area contributed by atoms with Crippen LogP contribution in [0, 0.1) is 0 Å². The summed E-state index contributed by atoms with van der Waals surface area (Å²) in [5, 5.41) is 6.55. The quantitative estimate of drug-likeness (QED) is 0.185. The summed E-state index contributed by atoms with van der Waals surface area (Å²) >= 11 is 1.81. The van der Waals surface area contributed by atoms with Crippen molar-refractivity contribution in [2.75, 3.05) is 0 Å². The van der Waals surface area contributed by atoms with E-state index in [2.05, 4.69) is 77.8 Å². The first kappa shape index (κ1) is 28.2. The van der Waals surface area contributed by atoms with Crippen LogP contribution in [0.3, 0.4) is 0 Å². The maximum Gasteiger partial charge on any atom is 0.164 e. The van der Waals surface area contributed by atoms with Gasteiger partial charge in [-0.2, -0.15) is 0 Å². The molecule has 0 amide bonds. The summed E-state index contributed by atoms with van der Waals surface area (Å²) < 4.78 is 15.3. The molecule has 0 radical (unpaired) electrons. The molecule has 0 bridgehead atoms. The van der Waals surface area contributed by atoms with Crippen molar-refractivity contribution >= 4 is 75.4 Å². The number of hydrogen-bond donors (Lipinski definition) is 0. The van der Waals surface area contributed by atoms with Gasteiger partial charge in [-0.15, -0.1) is 11.3 Å². The van der Waals surface area contributed by atoms with Crippen LogP contribution in [0.15, 0.2) is 155 Å². The number of furan rings is 2. The number of benzene rings is 6. The van der Waals surface area contributed by atoms with Crippen LogP contribution in [-0.4, -0.2) is 19.9 Å². The van der Waals surface area contributed by atoms with E-state index in [0.29, 0.717) is 23.1 Å². The van der Waals surface area contributed by atoms with Gasteiger partial charge in [0, 0.05) is 64.6 Å². The van der Waals surface area contributed by atoms with Gasteiger partial charge < -0.3 is 8.83 Å². The molecule has 0 saturated carbocycles. The van der Waals surface area contributed by atoms with Crippen LogP contribution in [-0.2, 0) is 0 Å². The van der Waals surface area contributed by atoms with Crippen molar-refractivity contribution in [3.8, 4) is 45.3 Å². The Morgan fingerprint density at radius 3 is 2.02 bits per heavy atom. The minimum atomic E-state index is 0.554. The summed E-state index contributed by atoms with van der Waals surface area (Å²) in [6.45, 7) is 0. The van der Waals surface area contributed by atoms with E-state index in [0.717, 1.165) is 66.1 Å². The molecule has 0 atom stereocenters. The van der Waals surface area contributed by atoms with E-state index in [1.54, 1.807) is 12.4 Å². The van der Waals surface area contributed by atoms with Gasteiger partial charge in [0.15, 0.2) is 23.1 Å². The summed E-state index contributed by atoms with van der Waals surface area (Å²) in [4.78, 5) is 19.7. The van der Waals surface area contributed by atoms with Crippen molar-refractivity contribution in [1.29, 1.82) is 0 Å². The fourth-order valence-corrected chi connectivity index (χ4v) is 8.36. The van der Waals surface area contributed by atoms with Crippen LogP contribution in [0.25, 0.3) is 109 Å². The van der Waals surface area contributed by atoms with Gasteiger partial charge >= 0.3 is 0 Å². The summed E-state index contributed by atoms with van der Waals surface area (Å²) in [5.74, 6) is 1.69. The second-order valence-electron chi connectivity index (χ2n) is 12.7. The second-order valence-corrected chi connectivity index (χ2v) is 13.7. The minimum Gasteiger partial charge on any atom is -0.456 e. The molecule has 0 spiro atoms. The Labute approximate surface area is 294 Å². The van der Waals surface area contributed by atoms with Crippen LogP contribution in [0.4, 0.5) is 0 Å². The van der Waals surface area contributed by atoms with E-state index in [1.807, 2.05) is 72.0 Å². The normalized spacial score (nSPS) is 11.9. The van der Waals surface area contributed by atoms with Crippen LogP contribution >= 0.6 is 11.3 Å². The fraction of sp³-hybridized carbons (Fsp3) is 0. The van der Waals surface area contributed by atoms with Crippen molar-refractivity contribution in [3.05, 3.63) is 146 Å². The summed E-state index contributed by atoms with van der Waals surface area (Å²) in [7, 11) is 0. The topological polar surface area (TPSA) is 77.8 Å². The molecule has 238 valence electrons. The van der Waals surface area contributed by atoms with Crippen LogP contribution in [0.5, 0.6) is 0 Å². The second kappa shape index (κ2) is 10.9. The highest BCUT2D eigenvalue weighted by Crippen LogP contribution is 2.42. The molecule has 6 aromatic carbocycles. The molecule has 5 heterocycles. The highest BCUT2D eigenvalue weighted by molar-refractivity contribution is 7.25. The van der Waals surface area contributed by atoms with Gasteiger partial charge in [0.1, 0.15) is 16.7 Å². The molecule has 7 heteroatoms. The van der Waals surface area contributed by atoms with Crippen molar-refractivity contribution in [2.24, 2.45) is 0 Å². The van der Waals surface area contributed by atoms with E-state index in [1.165, 1.54) is 20.2 Å². The van der Waals surface area contributed by atoms with Gasteiger partial charge in [0.05, 0.1) is 6.20 Å². The predicted octanol–water partition coefficient (Wildman–Crippen LogP) is 12.1. The Kier molecular flexibility index (Phi) is 6.02. The number of thiophene rings is 1. The Hall–Kier alpha value is -6.70. The molecule has 0 aliphatic heterocycles. The number of para-hydroxylation sites is 1. The molecule has 0 fully saturated rings. The fourth-order valence-electron chi connectivity index (χ4n) is 7.22. The first-order valence-electron chi connectivity index (χ1n) is 16.7. The molecular formula is C44H24N4O2S. The zero-order valence-electron chi connectivity index (χ0n) is 26.9. The van der Waals surface area contributed by atoms with Crippen molar-refractivity contribution in [1.82, 2.24) is 19.9 Å². The standard InChI is InChI=1S/C44H24N4O2S/c1-2-8-25(9-3-1)42-46-43(27-15-16-30-29-10-4-6-12-35(29)49-36(30)21-27)48-44(47-42)34-20-28(22-37-41(34)33-18-19-45-24-38(33)50-37)26-14-17-32-31-11-5-7-13-39(31)51-40(32)23-26/h1-24H. The monoisotopic (exact) mass is 672 g/mol. The number of nitrogens with zero attached hydrogens (tertiary/aromatic N) is 4. The molecule has 6 nitrogen and oxygen atoms in total. The molecule has 0 aliphatic carbocycles. The minimum absolute atomic E-state index is 0.554. The van der Waals surface area contributed by atoms with Gasteiger partial charge in [0.2, 0.25) is 0 Å². The van der Waals surface area contributed by atoms with Crippen molar-refractivity contribution in [2.45, 2.75) is 0 Å². The maximum atomic E-state index is 6.48. The van der Waals surface area contributed by atoms with E-state index in [4.69, 9.17) is 23.8 Å². The predicted molar refractivity (Wildman–Crippen MR) is 207 cm³/mol. The number of fused-ring (bicyclic) bond motifs is 9. The third-order valence-electron chi connectivity index (χ3n) is 9.63. The Morgan fingerprint density at radius 1 is 0.412 bits per heavy atom. The largest absolute Gasteiger partial charge is 0.456 e. The van der Waals surface area contributed by atoms with E-state index < -0.39 is 0 Å². The van der Waals surface area contributed by atoms with Crippen LogP contribution < -0.4 is 0 Å². The van der Waals surface area contributed by atoms with Gasteiger partial charge in [-0.3, -0.25) is 4.98 Å². The number of aromatic nitrogens is 4. The molecule has 0 saturated heterocycles. The number of hydrogen-bond acceptors (Lipinski definition) is 7. The first-order valence-corrected chi connectivity index (χ1v) is 17.5. The smallest absolute Gasteiger partial charge is 0.164 e. The zero-order chi connectivity index (χ0) is 33.5. The third kappa shape index (κ3) is 4.49. The van der Waals surface area contributed by atoms with Gasteiger partial charge in [-0.1, -0.05) is 84.9 Å². The van der Waals surface area contributed by atoms with E-state index in [9.17, 15) is 0 Å². The summed E-state index contributed by atoms with van der Waals surface area (Å²) in [6.07, 6.45) is 3.56. The maximum absolute atomic E-state index is 6.48. The Morgan fingerprint density at radius 2 is 1.10 bits per heavy atom. The first-order chi connectivity index (χ1) is 25.2. The van der Waals surface area contributed by atoms with E-state index in [-0.39, 0.29) is 0 Å². The van der Waals surface area contributed by atoms with Crippen molar-refractivity contribution < 1.29 is 8.83 Å².